The van der Waals surface area contributed by atoms with Gasteiger partial charge in [-0.1, -0.05) is 41.9 Å². The van der Waals surface area contributed by atoms with Crippen molar-refractivity contribution < 1.29 is 0 Å². The Hall–Kier alpha value is -1.21. The maximum atomic E-state index is 6.03. The van der Waals surface area contributed by atoms with Gasteiger partial charge in [-0.05, 0) is 18.1 Å². The maximum Gasteiger partial charge on any atom is 0.193 e. The van der Waals surface area contributed by atoms with Crippen molar-refractivity contribution in [3.8, 4) is 0 Å². The fourth-order valence-corrected chi connectivity index (χ4v) is 2.66. The first-order chi connectivity index (χ1) is 10.6. The van der Waals surface area contributed by atoms with E-state index in [1.165, 1.54) is 5.56 Å². The molecule has 0 bridgehead atoms. The molecule has 0 unspecified atom stereocenters. The predicted octanol–water partition coefficient (Wildman–Crippen LogP) is 3.55. The lowest BCUT2D eigenvalue weighted by Gasteiger charge is -2.22. The second kappa shape index (κ2) is 9.82. The summed E-state index contributed by atoms with van der Waals surface area (Å²) >= 11 is 6.03. The van der Waals surface area contributed by atoms with E-state index in [0.29, 0.717) is 0 Å². The van der Waals surface area contributed by atoms with Gasteiger partial charge in [0, 0.05) is 39.6 Å². The first kappa shape index (κ1) is 19.8. The Morgan fingerprint density at radius 3 is 2.57 bits per heavy atom. The Labute approximate surface area is 160 Å². The fraction of sp³-hybridized carbons (Fsp3) is 0.353. The van der Waals surface area contributed by atoms with Crippen LogP contribution in [0.15, 0.2) is 47.6 Å². The molecule has 0 radical (unpaired) electrons. The standard InChI is InChI=1S/C17H23ClN4.HI/c1-19-17(20-10-9-14-7-5-4-6-8-14)22(3)13-16-11-15(18)12-21(16)2;/h4-8,11-12H,9-10,13H2,1-3H3,(H,19,20);1H. The van der Waals surface area contributed by atoms with Gasteiger partial charge < -0.3 is 14.8 Å². The lowest BCUT2D eigenvalue weighted by Crippen LogP contribution is -2.39. The van der Waals surface area contributed by atoms with Crippen LogP contribution in [0.2, 0.25) is 5.02 Å². The Morgan fingerprint density at radius 1 is 1.30 bits per heavy atom. The summed E-state index contributed by atoms with van der Waals surface area (Å²) in [6, 6.07) is 12.4. The van der Waals surface area contributed by atoms with Crippen molar-refractivity contribution in [1.29, 1.82) is 0 Å². The Balaban J connectivity index is 0.00000264. The number of rotatable bonds is 5. The molecule has 4 nitrogen and oxygen atoms in total. The van der Waals surface area contributed by atoms with E-state index in [9.17, 15) is 0 Å². The number of nitrogens with one attached hydrogen (secondary N) is 1. The van der Waals surface area contributed by atoms with E-state index < -0.39 is 0 Å². The highest BCUT2D eigenvalue weighted by Crippen LogP contribution is 2.14. The number of aliphatic imine (C=N–C) groups is 1. The first-order valence-corrected chi connectivity index (χ1v) is 7.74. The molecule has 0 saturated carbocycles. The maximum absolute atomic E-state index is 6.03. The smallest absolute Gasteiger partial charge is 0.193 e. The molecule has 0 fully saturated rings. The molecule has 0 spiro atoms. The number of aromatic nitrogens is 1. The molecule has 1 aromatic carbocycles. The van der Waals surface area contributed by atoms with Crippen LogP contribution in [-0.4, -0.2) is 36.1 Å². The Bertz CT molecular complexity index is 625. The van der Waals surface area contributed by atoms with E-state index in [-0.39, 0.29) is 24.0 Å². The highest BCUT2D eigenvalue weighted by atomic mass is 127. The summed E-state index contributed by atoms with van der Waals surface area (Å²) < 4.78 is 2.04. The SMILES string of the molecule is CN=C(NCCc1ccccc1)N(C)Cc1cc(Cl)cn1C.I. The minimum absolute atomic E-state index is 0. The number of hydrogen-bond acceptors (Lipinski definition) is 1. The molecule has 0 amide bonds. The Morgan fingerprint density at radius 2 is 2.00 bits per heavy atom. The molecule has 2 aromatic rings. The zero-order valence-corrected chi connectivity index (χ0v) is 16.9. The summed E-state index contributed by atoms with van der Waals surface area (Å²) in [6.45, 7) is 1.61. The van der Waals surface area contributed by atoms with Crippen LogP contribution >= 0.6 is 35.6 Å². The van der Waals surface area contributed by atoms with Crippen LogP contribution in [0, 0.1) is 0 Å². The summed E-state index contributed by atoms with van der Waals surface area (Å²) in [7, 11) is 5.83. The van der Waals surface area contributed by atoms with Gasteiger partial charge in [0.25, 0.3) is 0 Å². The second-order valence-electron chi connectivity index (χ2n) is 5.33. The number of benzene rings is 1. The van der Waals surface area contributed by atoms with E-state index in [0.717, 1.165) is 36.2 Å². The summed E-state index contributed by atoms with van der Waals surface area (Å²) in [4.78, 5) is 6.43. The number of aryl methyl sites for hydroxylation is 1. The molecule has 0 atom stereocenters. The third-order valence-corrected chi connectivity index (χ3v) is 3.79. The quantitative estimate of drug-likeness (QED) is 0.433. The van der Waals surface area contributed by atoms with Crippen LogP contribution in [0.1, 0.15) is 11.3 Å². The van der Waals surface area contributed by atoms with Crippen molar-refractivity contribution in [3.05, 3.63) is 58.9 Å². The predicted molar refractivity (Wildman–Crippen MR) is 109 cm³/mol. The summed E-state index contributed by atoms with van der Waals surface area (Å²) in [5.41, 5.74) is 2.47. The van der Waals surface area contributed by atoms with Crippen LogP contribution in [-0.2, 0) is 20.0 Å². The molecule has 0 saturated heterocycles. The largest absolute Gasteiger partial charge is 0.356 e. The van der Waals surface area contributed by atoms with Crippen LogP contribution in [0.5, 0.6) is 0 Å². The van der Waals surface area contributed by atoms with Gasteiger partial charge in [-0.3, -0.25) is 4.99 Å². The van der Waals surface area contributed by atoms with E-state index in [4.69, 9.17) is 11.6 Å². The molecule has 6 heteroatoms. The van der Waals surface area contributed by atoms with E-state index in [1.54, 1.807) is 7.05 Å². The molecule has 23 heavy (non-hydrogen) atoms. The third-order valence-electron chi connectivity index (χ3n) is 3.59. The highest BCUT2D eigenvalue weighted by Gasteiger charge is 2.09. The van der Waals surface area contributed by atoms with E-state index in [2.05, 4.69) is 39.5 Å². The number of nitrogens with zero attached hydrogens (tertiary/aromatic N) is 3. The minimum Gasteiger partial charge on any atom is -0.356 e. The zero-order chi connectivity index (χ0) is 15.9. The number of hydrogen-bond donors (Lipinski definition) is 1. The van der Waals surface area contributed by atoms with E-state index >= 15 is 0 Å². The molecule has 0 aliphatic heterocycles. The molecule has 2 rings (SSSR count). The van der Waals surface area contributed by atoms with Crippen LogP contribution in [0.3, 0.4) is 0 Å². The van der Waals surface area contributed by atoms with Crippen molar-refractivity contribution in [2.24, 2.45) is 12.0 Å². The molecular formula is C17H24ClIN4. The van der Waals surface area contributed by atoms with Gasteiger partial charge in [-0.2, -0.15) is 0 Å². The van der Waals surface area contributed by atoms with Gasteiger partial charge in [0.2, 0.25) is 0 Å². The zero-order valence-electron chi connectivity index (χ0n) is 13.8. The van der Waals surface area contributed by atoms with Gasteiger partial charge in [0.1, 0.15) is 0 Å². The van der Waals surface area contributed by atoms with Gasteiger partial charge in [0.05, 0.1) is 11.6 Å². The van der Waals surface area contributed by atoms with Gasteiger partial charge >= 0.3 is 0 Å². The molecule has 126 valence electrons. The van der Waals surface area contributed by atoms with Crippen molar-refractivity contribution in [2.45, 2.75) is 13.0 Å². The average molecular weight is 447 g/mol. The van der Waals surface area contributed by atoms with Crippen molar-refractivity contribution >= 4 is 41.5 Å². The summed E-state index contributed by atoms with van der Waals surface area (Å²) in [5.74, 6) is 0.883. The second-order valence-corrected chi connectivity index (χ2v) is 5.76. The van der Waals surface area contributed by atoms with Gasteiger partial charge in [-0.15, -0.1) is 24.0 Å². The normalized spacial score (nSPS) is 11.0. The molecule has 1 heterocycles. The van der Waals surface area contributed by atoms with Crippen molar-refractivity contribution in [3.63, 3.8) is 0 Å². The topological polar surface area (TPSA) is 32.6 Å². The molecular weight excluding hydrogens is 423 g/mol. The van der Waals surface area contributed by atoms with E-state index in [1.807, 2.05) is 37.0 Å². The highest BCUT2D eigenvalue weighted by molar-refractivity contribution is 14.0. The monoisotopic (exact) mass is 446 g/mol. The fourth-order valence-electron chi connectivity index (χ4n) is 2.39. The third kappa shape index (κ3) is 6.06. The van der Waals surface area contributed by atoms with Crippen LogP contribution < -0.4 is 5.32 Å². The Kier molecular flexibility index (Phi) is 8.47. The molecule has 0 aliphatic rings. The average Bonchev–Trinajstić information content (AvgIpc) is 2.82. The summed E-state index contributed by atoms with van der Waals surface area (Å²) in [5, 5.41) is 4.16. The number of guanidine groups is 1. The lowest BCUT2D eigenvalue weighted by molar-refractivity contribution is 0.462. The minimum atomic E-state index is 0. The van der Waals surface area contributed by atoms with Gasteiger partial charge in [0.15, 0.2) is 5.96 Å². The van der Waals surface area contributed by atoms with Crippen LogP contribution in [0.4, 0.5) is 0 Å². The molecule has 1 N–H and O–H groups in total. The lowest BCUT2D eigenvalue weighted by atomic mass is 10.1. The van der Waals surface area contributed by atoms with Crippen LogP contribution in [0.25, 0.3) is 0 Å². The molecule has 1 aromatic heterocycles. The van der Waals surface area contributed by atoms with Gasteiger partial charge in [-0.25, -0.2) is 0 Å². The van der Waals surface area contributed by atoms with Crippen molar-refractivity contribution in [1.82, 2.24) is 14.8 Å². The first-order valence-electron chi connectivity index (χ1n) is 7.36. The molecule has 0 aliphatic carbocycles. The summed E-state index contributed by atoms with van der Waals surface area (Å²) in [6.07, 6.45) is 2.89. The van der Waals surface area contributed by atoms with Crippen molar-refractivity contribution in [2.75, 3.05) is 20.6 Å². The number of halogens is 2.